The van der Waals surface area contributed by atoms with Crippen LogP contribution in [0.5, 0.6) is 0 Å². The number of rotatable bonds is 10. The number of benzene rings is 3. The highest BCUT2D eigenvalue weighted by Gasteiger charge is 2.21. The van der Waals surface area contributed by atoms with E-state index in [1.165, 1.54) is 37.7 Å². The van der Waals surface area contributed by atoms with Crippen LogP contribution >= 0.6 is 11.8 Å². The summed E-state index contributed by atoms with van der Waals surface area (Å²) in [4.78, 5) is 37.4. The topological polar surface area (TPSA) is 128 Å². The van der Waals surface area contributed by atoms with Crippen LogP contribution < -0.4 is 16.0 Å². The van der Waals surface area contributed by atoms with E-state index in [1.807, 2.05) is 30.5 Å². The number of aliphatic carboxylic acids is 1. The monoisotopic (exact) mass is 561 g/mol. The smallest absolute Gasteiger partial charge is 0.334 e. The van der Waals surface area contributed by atoms with Crippen molar-refractivity contribution in [1.82, 2.24) is 10.6 Å². The Morgan fingerprint density at radius 3 is 2.20 bits per heavy atom. The minimum absolute atomic E-state index is 0.311. The molecule has 1 saturated carbocycles. The van der Waals surface area contributed by atoms with Crippen molar-refractivity contribution in [3.63, 3.8) is 0 Å². The van der Waals surface area contributed by atoms with Crippen molar-refractivity contribution in [3.8, 4) is 0 Å². The zero-order chi connectivity index (χ0) is 28.5. The molecule has 0 radical (unpaired) electrons. The first-order valence-electron chi connectivity index (χ1n) is 13.4. The number of carbonyl (C=O) groups excluding carboxylic acids is 2. The summed E-state index contributed by atoms with van der Waals surface area (Å²) in [6, 6.07) is 21.9. The summed E-state index contributed by atoms with van der Waals surface area (Å²) >= 11 is 1.59. The van der Waals surface area contributed by atoms with Crippen molar-refractivity contribution in [2.45, 2.75) is 55.1 Å². The lowest BCUT2D eigenvalue weighted by atomic mass is 9.83. The van der Waals surface area contributed by atoms with Gasteiger partial charge in [-0.2, -0.15) is 0 Å². The van der Waals surface area contributed by atoms with Gasteiger partial charge in [0.2, 0.25) is 0 Å². The van der Waals surface area contributed by atoms with E-state index in [0.29, 0.717) is 17.2 Å². The molecule has 0 aliphatic heterocycles. The highest BCUT2D eigenvalue weighted by Crippen LogP contribution is 2.33. The molecule has 0 bridgehead atoms. The molecule has 8 nitrogen and oxygen atoms in total. The maximum Gasteiger partial charge on any atom is 0.334 e. The molecule has 9 heteroatoms. The molecular weight excluding hydrogens is 526 g/mol. The summed E-state index contributed by atoms with van der Waals surface area (Å²) in [5.74, 6) is -1.34. The molecular formula is C31H35N3O5S. The van der Waals surface area contributed by atoms with Crippen LogP contribution in [0.4, 0.5) is 10.5 Å². The van der Waals surface area contributed by atoms with Gasteiger partial charge < -0.3 is 26.2 Å². The minimum Gasteiger partial charge on any atom is -0.479 e. The molecule has 3 amide bonds. The second-order valence-electron chi connectivity index (χ2n) is 9.95. The van der Waals surface area contributed by atoms with Crippen molar-refractivity contribution in [1.29, 1.82) is 0 Å². The fourth-order valence-corrected chi connectivity index (χ4v) is 5.42. The van der Waals surface area contributed by atoms with E-state index in [1.54, 1.807) is 36.0 Å². The lowest BCUT2D eigenvalue weighted by Crippen LogP contribution is -2.36. The lowest BCUT2D eigenvalue weighted by Gasteiger charge is -2.24. The molecule has 40 heavy (non-hydrogen) atoms. The fourth-order valence-electron chi connectivity index (χ4n) is 4.96. The Hall–Kier alpha value is -3.82. The number of thioether (sulfide) groups is 1. The maximum atomic E-state index is 13.1. The highest BCUT2D eigenvalue weighted by atomic mass is 32.2. The van der Waals surface area contributed by atoms with Crippen LogP contribution in [0.2, 0.25) is 0 Å². The highest BCUT2D eigenvalue weighted by molar-refractivity contribution is 7.98. The van der Waals surface area contributed by atoms with E-state index in [9.17, 15) is 19.5 Å². The first kappa shape index (κ1) is 29.2. The maximum absolute atomic E-state index is 13.1. The van der Waals surface area contributed by atoms with Crippen LogP contribution in [0.3, 0.4) is 0 Å². The molecule has 0 aromatic heterocycles. The largest absolute Gasteiger partial charge is 0.479 e. The van der Waals surface area contributed by atoms with Gasteiger partial charge in [-0.3, -0.25) is 4.79 Å². The van der Waals surface area contributed by atoms with Gasteiger partial charge in [-0.25, -0.2) is 9.59 Å². The summed E-state index contributed by atoms with van der Waals surface area (Å²) in [5.41, 5.74) is 4.00. The summed E-state index contributed by atoms with van der Waals surface area (Å²) in [6.45, 7) is -0.397. The number of hydrogen-bond acceptors (Lipinski definition) is 5. The fraction of sp³-hybridized carbons (Fsp3) is 0.323. The van der Waals surface area contributed by atoms with Crippen molar-refractivity contribution in [2.24, 2.45) is 0 Å². The zero-order valence-corrected chi connectivity index (χ0v) is 23.2. The number of carboxylic acids is 1. The van der Waals surface area contributed by atoms with Gasteiger partial charge in [-0.1, -0.05) is 61.7 Å². The van der Waals surface area contributed by atoms with Gasteiger partial charge in [0.25, 0.3) is 5.91 Å². The number of urea groups is 1. The molecule has 0 heterocycles. The Labute approximate surface area is 238 Å². The van der Waals surface area contributed by atoms with Crippen LogP contribution in [-0.4, -0.2) is 47.0 Å². The van der Waals surface area contributed by atoms with Crippen molar-refractivity contribution in [3.05, 3.63) is 95.1 Å². The van der Waals surface area contributed by atoms with E-state index < -0.39 is 30.6 Å². The number of nitrogens with one attached hydrogen (secondary N) is 3. The summed E-state index contributed by atoms with van der Waals surface area (Å²) in [5, 5.41) is 26.6. The second kappa shape index (κ2) is 14.0. The first-order valence-corrected chi connectivity index (χ1v) is 14.7. The predicted molar refractivity (Wildman–Crippen MR) is 157 cm³/mol. The molecule has 5 N–H and O–H groups in total. The molecule has 2 atom stereocenters. The van der Waals surface area contributed by atoms with Crippen molar-refractivity contribution in [2.75, 3.05) is 18.1 Å². The Bertz CT molecular complexity index is 1310. The average Bonchev–Trinajstić information content (AvgIpc) is 2.99. The minimum atomic E-state index is -1.68. The average molecular weight is 562 g/mol. The molecule has 0 saturated heterocycles. The van der Waals surface area contributed by atoms with Crippen molar-refractivity contribution >= 4 is 35.4 Å². The number of amides is 3. The van der Waals surface area contributed by atoms with Gasteiger partial charge in [0.1, 0.15) is 0 Å². The van der Waals surface area contributed by atoms with Crippen LogP contribution in [0.25, 0.3) is 0 Å². The SMILES string of the molecule is CSc1cccc(NC(=O)NC(c2ccc(C(=O)NCC(O)C(=O)O)cc2)c2ccc(C3CCCCC3)cc2)c1. The lowest BCUT2D eigenvalue weighted by molar-refractivity contribution is -0.146. The Balaban J connectivity index is 1.53. The molecule has 1 aliphatic carbocycles. The Kier molecular flexibility index (Phi) is 10.2. The van der Waals surface area contributed by atoms with Crippen LogP contribution in [-0.2, 0) is 4.79 Å². The third kappa shape index (κ3) is 7.86. The number of aliphatic hydroxyl groups is 1. The Morgan fingerprint density at radius 1 is 0.925 bits per heavy atom. The van der Waals surface area contributed by atoms with Gasteiger partial charge in [-0.15, -0.1) is 11.8 Å². The van der Waals surface area contributed by atoms with Crippen LogP contribution in [0.15, 0.2) is 77.7 Å². The molecule has 210 valence electrons. The molecule has 4 rings (SSSR count). The van der Waals surface area contributed by atoms with Gasteiger partial charge in [0.15, 0.2) is 6.10 Å². The number of carbonyl (C=O) groups is 3. The standard InChI is InChI=1S/C31H35N3O5S/c1-40-26-9-5-8-25(18-26)33-31(39)34-28(22-12-10-21(11-13-22)20-6-3-2-4-7-20)23-14-16-24(17-15-23)29(36)32-19-27(35)30(37)38/h5,8-18,20,27-28,35H,2-4,6-7,19H2,1H3,(H,32,36)(H,37,38)(H2,33,34,39). The third-order valence-electron chi connectivity index (χ3n) is 7.20. The number of aliphatic hydroxyl groups excluding tert-OH is 1. The van der Waals surface area contributed by atoms with Gasteiger partial charge in [0.05, 0.1) is 12.6 Å². The molecule has 1 aliphatic rings. The predicted octanol–water partition coefficient (Wildman–Crippen LogP) is 5.54. The van der Waals surface area contributed by atoms with E-state index in [2.05, 4.69) is 40.2 Å². The zero-order valence-electron chi connectivity index (χ0n) is 22.4. The summed E-state index contributed by atoms with van der Waals surface area (Å²) in [6.07, 6.45) is 6.50. The third-order valence-corrected chi connectivity index (χ3v) is 7.92. The summed E-state index contributed by atoms with van der Waals surface area (Å²) in [7, 11) is 0. The van der Waals surface area contributed by atoms with Crippen LogP contribution in [0, 0.1) is 0 Å². The van der Waals surface area contributed by atoms with Crippen LogP contribution in [0.1, 0.15) is 71.1 Å². The first-order chi connectivity index (χ1) is 19.3. The Morgan fingerprint density at radius 2 is 1.57 bits per heavy atom. The van der Waals surface area contributed by atoms with Gasteiger partial charge in [0, 0.05) is 16.1 Å². The molecule has 1 fully saturated rings. The number of anilines is 1. The molecule has 3 aromatic rings. The van der Waals surface area contributed by atoms with E-state index in [0.717, 1.165) is 16.0 Å². The second-order valence-corrected chi connectivity index (χ2v) is 10.8. The quantitative estimate of drug-likeness (QED) is 0.207. The van der Waals surface area contributed by atoms with E-state index in [-0.39, 0.29) is 6.03 Å². The molecule has 0 spiro atoms. The van der Waals surface area contributed by atoms with Crippen molar-refractivity contribution < 1.29 is 24.6 Å². The summed E-state index contributed by atoms with van der Waals surface area (Å²) < 4.78 is 0. The number of carboxylic acid groups (broad SMARTS) is 1. The van der Waals surface area contributed by atoms with E-state index in [4.69, 9.17) is 5.11 Å². The van der Waals surface area contributed by atoms with Gasteiger partial charge >= 0.3 is 12.0 Å². The molecule has 3 aromatic carbocycles. The normalized spacial score (nSPS) is 15.1. The van der Waals surface area contributed by atoms with Gasteiger partial charge in [-0.05, 0) is 72.0 Å². The van der Waals surface area contributed by atoms with E-state index >= 15 is 0 Å². The number of hydrogen-bond donors (Lipinski definition) is 5. The molecule has 2 unspecified atom stereocenters.